The molecule has 22 heavy (non-hydrogen) atoms. The van der Waals surface area contributed by atoms with Crippen LogP contribution >= 0.6 is 0 Å². The molecule has 1 aromatic carbocycles. The highest BCUT2D eigenvalue weighted by molar-refractivity contribution is 5.43. The van der Waals surface area contributed by atoms with Crippen LogP contribution in [-0.4, -0.2) is 32.5 Å². The van der Waals surface area contributed by atoms with E-state index in [0.29, 0.717) is 5.56 Å². The second kappa shape index (κ2) is 7.13. The Bertz CT molecular complexity index is 487. The van der Waals surface area contributed by atoms with E-state index in [1.54, 1.807) is 0 Å². The van der Waals surface area contributed by atoms with E-state index < -0.39 is 25.1 Å². The summed E-state index contributed by atoms with van der Waals surface area (Å²) >= 11 is 0. The van der Waals surface area contributed by atoms with E-state index in [2.05, 4.69) is 10.1 Å². The molecule has 0 aliphatic carbocycles. The molecule has 0 radical (unpaired) electrons. The van der Waals surface area contributed by atoms with Crippen molar-refractivity contribution in [1.29, 1.82) is 0 Å². The lowest BCUT2D eigenvalue weighted by Gasteiger charge is -2.25. The number of nitrogens with one attached hydrogen (secondary N) is 1. The van der Waals surface area contributed by atoms with Gasteiger partial charge >= 0.3 is 6.36 Å². The summed E-state index contributed by atoms with van der Waals surface area (Å²) in [6.07, 6.45) is -6.00. The third-order valence-electron chi connectivity index (χ3n) is 3.36. The molecule has 1 aromatic rings. The van der Waals surface area contributed by atoms with Crippen LogP contribution in [0.4, 0.5) is 22.0 Å². The van der Waals surface area contributed by atoms with Crippen LogP contribution in [0.5, 0.6) is 11.5 Å². The quantitative estimate of drug-likeness (QED) is 0.838. The van der Waals surface area contributed by atoms with Crippen molar-refractivity contribution in [2.75, 3.05) is 19.7 Å². The Labute approximate surface area is 124 Å². The van der Waals surface area contributed by atoms with Gasteiger partial charge in [-0.3, -0.25) is 0 Å². The molecule has 1 saturated heterocycles. The van der Waals surface area contributed by atoms with Crippen molar-refractivity contribution < 1.29 is 31.4 Å². The van der Waals surface area contributed by atoms with E-state index in [1.807, 2.05) is 0 Å². The molecule has 0 amide bonds. The Hall–Kier alpha value is -1.57. The van der Waals surface area contributed by atoms with E-state index in [-0.39, 0.29) is 11.7 Å². The number of hydrogen-bond donors (Lipinski definition) is 1. The lowest BCUT2D eigenvalue weighted by molar-refractivity contribution is -0.274. The minimum absolute atomic E-state index is 0.0222. The monoisotopic (exact) mass is 325 g/mol. The molecule has 124 valence electrons. The summed E-state index contributed by atoms with van der Waals surface area (Å²) in [5.41, 5.74) is 0.636. The van der Waals surface area contributed by atoms with Crippen LogP contribution in [0.1, 0.15) is 24.3 Å². The third kappa shape index (κ3) is 5.01. The van der Waals surface area contributed by atoms with Gasteiger partial charge in [-0.1, -0.05) is 6.07 Å². The molecular weight excluding hydrogens is 309 g/mol. The number of rotatable bonds is 5. The molecule has 1 heterocycles. The van der Waals surface area contributed by atoms with E-state index in [1.165, 1.54) is 12.1 Å². The van der Waals surface area contributed by atoms with E-state index in [0.717, 1.165) is 32.0 Å². The van der Waals surface area contributed by atoms with Crippen LogP contribution in [0.25, 0.3) is 0 Å². The average molecular weight is 325 g/mol. The zero-order valence-electron chi connectivity index (χ0n) is 11.6. The van der Waals surface area contributed by atoms with Gasteiger partial charge in [0.25, 0.3) is 6.43 Å². The predicted molar refractivity (Wildman–Crippen MR) is 69.5 cm³/mol. The fourth-order valence-corrected chi connectivity index (χ4v) is 2.46. The van der Waals surface area contributed by atoms with Gasteiger partial charge < -0.3 is 14.8 Å². The first-order chi connectivity index (χ1) is 10.3. The molecule has 2 rings (SSSR count). The molecule has 0 spiro atoms. The number of benzene rings is 1. The summed E-state index contributed by atoms with van der Waals surface area (Å²) in [6.45, 7) is 0.660. The molecule has 0 unspecified atom stereocenters. The first kappa shape index (κ1) is 16.8. The summed E-state index contributed by atoms with van der Waals surface area (Å²) in [4.78, 5) is 0. The van der Waals surface area contributed by atoms with Crippen LogP contribution in [0.3, 0.4) is 0 Å². The maximum absolute atomic E-state index is 12.3. The van der Waals surface area contributed by atoms with Gasteiger partial charge in [-0.15, -0.1) is 13.2 Å². The molecular formula is C14H16F5NO2. The lowest BCUT2D eigenvalue weighted by Crippen LogP contribution is -2.27. The van der Waals surface area contributed by atoms with Crippen molar-refractivity contribution in [3.8, 4) is 11.5 Å². The summed E-state index contributed by atoms with van der Waals surface area (Å²) in [5.74, 6) is -0.391. The summed E-state index contributed by atoms with van der Waals surface area (Å²) in [6, 6.07) is 3.66. The van der Waals surface area contributed by atoms with Crippen molar-refractivity contribution in [2.45, 2.75) is 31.5 Å². The fourth-order valence-electron chi connectivity index (χ4n) is 2.46. The first-order valence-corrected chi connectivity index (χ1v) is 6.86. The van der Waals surface area contributed by atoms with Crippen molar-refractivity contribution in [3.63, 3.8) is 0 Å². The standard InChI is InChI=1S/C14H16F5NO2/c15-13(16)8-21-12-7-10(22-14(17,18)19)1-2-11(12)9-3-5-20-6-4-9/h1-2,7,9,13,20H,3-6,8H2. The SMILES string of the molecule is FC(F)COc1cc(OC(F)(F)F)ccc1C1CCNCC1. The number of hydrogen-bond acceptors (Lipinski definition) is 3. The molecule has 0 atom stereocenters. The molecule has 0 aromatic heterocycles. The van der Waals surface area contributed by atoms with Gasteiger partial charge in [0.05, 0.1) is 0 Å². The predicted octanol–water partition coefficient (Wildman–Crippen LogP) is 3.70. The maximum Gasteiger partial charge on any atom is 0.573 e. The zero-order chi connectivity index (χ0) is 16.2. The second-order valence-electron chi connectivity index (χ2n) is 4.97. The molecule has 1 N–H and O–H groups in total. The number of ether oxygens (including phenoxy) is 2. The normalized spacial score (nSPS) is 16.8. The van der Waals surface area contributed by atoms with Crippen LogP contribution in [0.15, 0.2) is 18.2 Å². The van der Waals surface area contributed by atoms with E-state index >= 15 is 0 Å². The molecule has 8 heteroatoms. The molecule has 1 aliphatic rings. The van der Waals surface area contributed by atoms with Gasteiger partial charge in [-0.2, -0.15) is 0 Å². The van der Waals surface area contributed by atoms with E-state index in [9.17, 15) is 22.0 Å². The highest BCUT2D eigenvalue weighted by Crippen LogP contribution is 2.36. The van der Waals surface area contributed by atoms with Gasteiger partial charge in [0.15, 0.2) is 0 Å². The molecule has 1 aliphatic heterocycles. The number of halogens is 5. The zero-order valence-corrected chi connectivity index (χ0v) is 11.6. The Balaban J connectivity index is 2.22. The lowest BCUT2D eigenvalue weighted by atomic mass is 9.89. The summed E-state index contributed by atoms with van der Waals surface area (Å²) in [7, 11) is 0. The van der Waals surface area contributed by atoms with Crippen molar-refractivity contribution >= 4 is 0 Å². The second-order valence-corrected chi connectivity index (χ2v) is 4.97. The third-order valence-corrected chi connectivity index (χ3v) is 3.36. The van der Waals surface area contributed by atoms with Crippen LogP contribution in [-0.2, 0) is 0 Å². The van der Waals surface area contributed by atoms with Crippen molar-refractivity contribution in [2.24, 2.45) is 0 Å². The van der Waals surface area contributed by atoms with Crippen LogP contribution < -0.4 is 14.8 Å². The highest BCUT2D eigenvalue weighted by atomic mass is 19.4. The smallest absolute Gasteiger partial charge is 0.487 e. The number of piperidine rings is 1. The van der Waals surface area contributed by atoms with Gasteiger partial charge in [0.1, 0.15) is 18.1 Å². The Morgan fingerprint density at radius 2 is 1.86 bits per heavy atom. The topological polar surface area (TPSA) is 30.5 Å². The highest BCUT2D eigenvalue weighted by Gasteiger charge is 2.31. The molecule has 3 nitrogen and oxygen atoms in total. The minimum atomic E-state index is -4.84. The van der Waals surface area contributed by atoms with Crippen LogP contribution in [0.2, 0.25) is 0 Å². The van der Waals surface area contributed by atoms with Gasteiger partial charge in [-0.25, -0.2) is 8.78 Å². The van der Waals surface area contributed by atoms with Crippen molar-refractivity contribution in [3.05, 3.63) is 23.8 Å². The van der Waals surface area contributed by atoms with Crippen LogP contribution in [0, 0.1) is 0 Å². The van der Waals surface area contributed by atoms with E-state index in [4.69, 9.17) is 4.74 Å². The maximum atomic E-state index is 12.3. The Kier molecular flexibility index (Phi) is 5.44. The fraction of sp³-hybridized carbons (Fsp3) is 0.571. The Morgan fingerprint density at radius 1 is 1.18 bits per heavy atom. The van der Waals surface area contributed by atoms with Gasteiger partial charge in [0.2, 0.25) is 0 Å². The summed E-state index contributed by atoms with van der Waals surface area (Å²) in [5, 5.41) is 3.16. The molecule has 0 saturated carbocycles. The van der Waals surface area contributed by atoms with Crippen molar-refractivity contribution in [1.82, 2.24) is 5.32 Å². The number of alkyl halides is 5. The summed E-state index contributed by atoms with van der Waals surface area (Å²) < 4.78 is 70.2. The molecule has 0 bridgehead atoms. The minimum Gasteiger partial charge on any atom is -0.487 e. The first-order valence-electron chi connectivity index (χ1n) is 6.86. The Morgan fingerprint density at radius 3 is 2.45 bits per heavy atom. The van der Waals surface area contributed by atoms with Gasteiger partial charge in [-0.05, 0) is 43.5 Å². The largest absolute Gasteiger partial charge is 0.573 e. The molecule has 1 fully saturated rings. The average Bonchev–Trinajstić information content (AvgIpc) is 2.44. The van der Waals surface area contributed by atoms with Gasteiger partial charge in [0, 0.05) is 6.07 Å².